The summed E-state index contributed by atoms with van der Waals surface area (Å²) >= 11 is 0. The molecule has 0 radical (unpaired) electrons. The minimum atomic E-state index is -3.26. The minimum absolute atomic E-state index is 0.00466. The molecule has 2 aromatic carbocycles. The van der Waals surface area contributed by atoms with E-state index < -0.39 is 10.0 Å². The molecule has 0 fully saturated rings. The topological polar surface area (TPSA) is 68.3 Å². The fraction of sp³-hybridized carbons (Fsp3) is 0.105. The van der Waals surface area contributed by atoms with Crippen molar-refractivity contribution < 1.29 is 13.2 Å². The van der Waals surface area contributed by atoms with Crippen LogP contribution in [0.2, 0.25) is 0 Å². The summed E-state index contributed by atoms with van der Waals surface area (Å²) in [6.45, 7) is 0.340. The largest absolute Gasteiger partial charge is 0.439 e. The monoisotopic (exact) mass is 352 g/mol. The highest BCUT2D eigenvalue weighted by Gasteiger charge is 2.23. The van der Waals surface area contributed by atoms with Crippen LogP contribution in [0, 0.1) is 0 Å². The first-order chi connectivity index (χ1) is 12.1. The van der Waals surface area contributed by atoms with Crippen molar-refractivity contribution in [2.24, 2.45) is 0 Å². The number of hydrogen-bond acceptors (Lipinski definition) is 4. The Morgan fingerprint density at radius 2 is 1.80 bits per heavy atom. The van der Waals surface area contributed by atoms with E-state index in [1.54, 1.807) is 12.3 Å². The van der Waals surface area contributed by atoms with Gasteiger partial charge in [0, 0.05) is 18.8 Å². The zero-order valence-electron chi connectivity index (χ0n) is 13.3. The van der Waals surface area contributed by atoms with E-state index in [-0.39, 0.29) is 5.75 Å². The number of ether oxygens (including phenoxy) is 1. The van der Waals surface area contributed by atoms with Gasteiger partial charge in [-0.1, -0.05) is 36.4 Å². The number of benzene rings is 2. The van der Waals surface area contributed by atoms with Crippen LogP contribution in [-0.2, 0) is 22.3 Å². The molecule has 25 heavy (non-hydrogen) atoms. The van der Waals surface area contributed by atoms with Gasteiger partial charge >= 0.3 is 0 Å². The Balaban J connectivity index is 1.65. The molecule has 0 atom stereocenters. The van der Waals surface area contributed by atoms with Gasteiger partial charge < -0.3 is 4.74 Å². The molecule has 4 rings (SSSR count). The lowest BCUT2D eigenvalue weighted by Gasteiger charge is -2.20. The third-order valence-corrected chi connectivity index (χ3v) is 5.37. The summed E-state index contributed by atoms with van der Waals surface area (Å²) in [6.07, 6.45) is 1.68. The molecule has 0 aliphatic carbocycles. The van der Waals surface area contributed by atoms with Crippen molar-refractivity contribution in [1.82, 2.24) is 9.71 Å². The normalized spacial score (nSPS) is 15.4. The van der Waals surface area contributed by atoms with Gasteiger partial charge in [-0.2, -0.15) is 0 Å². The van der Waals surface area contributed by atoms with E-state index in [0.717, 1.165) is 22.3 Å². The second-order valence-electron chi connectivity index (χ2n) is 5.82. The summed E-state index contributed by atoms with van der Waals surface area (Å²) in [5.41, 5.74) is 3.77. The van der Waals surface area contributed by atoms with Gasteiger partial charge in [-0.25, -0.2) is 18.1 Å². The summed E-state index contributed by atoms with van der Waals surface area (Å²) in [5.74, 6) is 1.22. The number of rotatable bonds is 3. The molecular weight excluding hydrogens is 336 g/mol. The number of aromatic nitrogens is 1. The molecular formula is C19H16N2O3S. The third-order valence-electron chi connectivity index (χ3n) is 4.12. The lowest BCUT2D eigenvalue weighted by atomic mass is 9.96. The van der Waals surface area contributed by atoms with Crippen LogP contribution in [0.3, 0.4) is 0 Å². The highest BCUT2D eigenvalue weighted by atomic mass is 32.2. The van der Waals surface area contributed by atoms with Gasteiger partial charge in [0.1, 0.15) is 5.75 Å². The zero-order chi connectivity index (χ0) is 17.3. The van der Waals surface area contributed by atoms with Crippen molar-refractivity contribution in [3.05, 3.63) is 78.0 Å². The SMILES string of the molecule is O=S1(=O)Cc2c(cccc2-c2ccc(Oc3ccccn3)cc2)CN1. The van der Waals surface area contributed by atoms with Crippen molar-refractivity contribution in [2.75, 3.05) is 0 Å². The Hall–Kier alpha value is -2.70. The molecule has 1 aromatic heterocycles. The predicted molar refractivity (Wildman–Crippen MR) is 95.7 cm³/mol. The second kappa shape index (κ2) is 6.31. The van der Waals surface area contributed by atoms with Gasteiger partial charge in [0.25, 0.3) is 0 Å². The van der Waals surface area contributed by atoms with Crippen molar-refractivity contribution in [2.45, 2.75) is 12.3 Å². The highest BCUT2D eigenvalue weighted by molar-refractivity contribution is 7.88. The molecule has 0 saturated carbocycles. The van der Waals surface area contributed by atoms with Crippen molar-refractivity contribution in [1.29, 1.82) is 0 Å². The van der Waals surface area contributed by atoms with Crippen molar-refractivity contribution in [3.63, 3.8) is 0 Å². The fourth-order valence-electron chi connectivity index (χ4n) is 2.90. The lowest BCUT2D eigenvalue weighted by Crippen LogP contribution is -2.30. The second-order valence-corrected chi connectivity index (χ2v) is 7.62. The van der Waals surface area contributed by atoms with E-state index in [2.05, 4.69) is 9.71 Å². The van der Waals surface area contributed by atoms with Crippen LogP contribution in [0.25, 0.3) is 11.1 Å². The number of fused-ring (bicyclic) bond motifs is 1. The summed E-state index contributed by atoms with van der Waals surface area (Å²) < 4.78 is 32.1. The molecule has 1 N–H and O–H groups in total. The first kappa shape index (κ1) is 15.8. The molecule has 6 heteroatoms. The Morgan fingerprint density at radius 1 is 0.960 bits per heavy atom. The lowest BCUT2D eigenvalue weighted by molar-refractivity contribution is 0.463. The van der Waals surface area contributed by atoms with E-state index >= 15 is 0 Å². The molecule has 0 spiro atoms. The number of nitrogens with zero attached hydrogens (tertiary/aromatic N) is 1. The van der Waals surface area contributed by atoms with Gasteiger partial charge in [0.2, 0.25) is 15.9 Å². The van der Waals surface area contributed by atoms with Gasteiger partial charge in [-0.05, 0) is 40.5 Å². The average Bonchev–Trinajstić information content (AvgIpc) is 2.62. The van der Waals surface area contributed by atoms with E-state index in [4.69, 9.17) is 4.74 Å². The zero-order valence-corrected chi connectivity index (χ0v) is 14.2. The van der Waals surface area contributed by atoms with Crippen LogP contribution in [0.15, 0.2) is 66.9 Å². The minimum Gasteiger partial charge on any atom is -0.439 e. The van der Waals surface area contributed by atoms with Crippen LogP contribution >= 0.6 is 0 Å². The van der Waals surface area contributed by atoms with E-state index in [9.17, 15) is 8.42 Å². The summed E-state index contributed by atoms with van der Waals surface area (Å²) in [7, 11) is -3.26. The Bertz CT molecular complexity index is 1000. The molecule has 126 valence electrons. The first-order valence-electron chi connectivity index (χ1n) is 7.88. The molecule has 0 bridgehead atoms. The maximum absolute atomic E-state index is 11.9. The number of pyridine rings is 1. The van der Waals surface area contributed by atoms with E-state index in [1.807, 2.05) is 54.6 Å². The van der Waals surface area contributed by atoms with Crippen molar-refractivity contribution >= 4 is 10.0 Å². The standard InChI is InChI=1S/C19H16N2O3S/c22-25(23)13-18-15(12-21-25)4-3-5-17(18)14-7-9-16(10-8-14)24-19-6-1-2-11-20-19/h1-11,21H,12-13H2. The third kappa shape index (κ3) is 3.40. The van der Waals surface area contributed by atoms with Crippen LogP contribution in [-0.4, -0.2) is 13.4 Å². The summed E-state index contributed by atoms with van der Waals surface area (Å²) in [5, 5.41) is 0. The average molecular weight is 352 g/mol. The smallest absolute Gasteiger partial charge is 0.219 e. The van der Waals surface area contributed by atoms with Crippen molar-refractivity contribution in [3.8, 4) is 22.8 Å². The molecule has 0 unspecified atom stereocenters. The van der Waals surface area contributed by atoms with Gasteiger partial charge in [0.05, 0.1) is 5.75 Å². The van der Waals surface area contributed by atoms with Gasteiger partial charge in [0.15, 0.2) is 0 Å². The Kier molecular flexibility index (Phi) is 3.99. The Morgan fingerprint density at radius 3 is 2.56 bits per heavy atom. The molecule has 5 nitrogen and oxygen atoms in total. The quantitative estimate of drug-likeness (QED) is 0.784. The molecule has 1 aliphatic rings. The molecule has 0 saturated heterocycles. The van der Waals surface area contributed by atoms with Gasteiger partial charge in [-0.3, -0.25) is 0 Å². The Labute approximate surface area is 146 Å². The number of hydrogen-bond donors (Lipinski definition) is 1. The van der Waals surface area contributed by atoms with E-state index in [0.29, 0.717) is 18.2 Å². The first-order valence-corrected chi connectivity index (χ1v) is 9.53. The maximum atomic E-state index is 11.9. The summed E-state index contributed by atoms with van der Waals surface area (Å²) in [4.78, 5) is 4.13. The molecule has 2 heterocycles. The molecule has 1 aliphatic heterocycles. The fourth-order valence-corrected chi connectivity index (χ4v) is 4.10. The maximum Gasteiger partial charge on any atom is 0.219 e. The van der Waals surface area contributed by atoms with Crippen LogP contribution < -0.4 is 9.46 Å². The van der Waals surface area contributed by atoms with Crippen LogP contribution in [0.4, 0.5) is 0 Å². The molecule has 0 amide bonds. The van der Waals surface area contributed by atoms with E-state index in [1.165, 1.54) is 0 Å². The van der Waals surface area contributed by atoms with Gasteiger partial charge in [-0.15, -0.1) is 0 Å². The number of nitrogens with one attached hydrogen (secondary N) is 1. The summed E-state index contributed by atoms with van der Waals surface area (Å²) in [6, 6.07) is 18.9. The highest BCUT2D eigenvalue weighted by Crippen LogP contribution is 2.31. The number of sulfonamides is 1. The predicted octanol–water partition coefficient (Wildman–Crippen LogP) is 3.47. The molecule has 3 aromatic rings. The van der Waals surface area contributed by atoms with Crippen LogP contribution in [0.1, 0.15) is 11.1 Å². The van der Waals surface area contributed by atoms with Crippen LogP contribution in [0.5, 0.6) is 11.6 Å².